The Labute approximate surface area is 133 Å². The molecule has 3 rings (SSSR count). The van der Waals surface area contributed by atoms with Crippen LogP contribution in [0, 0.1) is 0 Å². The second kappa shape index (κ2) is 6.16. The summed E-state index contributed by atoms with van der Waals surface area (Å²) in [5.41, 5.74) is 0.495. The average Bonchev–Trinajstić information content (AvgIpc) is 3.11. The van der Waals surface area contributed by atoms with Gasteiger partial charge in [-0.2, -0.15) is 0 Å². The fourth-order valence-electron chi connectivity index (χ4n) is 2.99. The van der Waals surface area contributed by atoms with Gasteiger partial charge in [0.05, 0.1) is 24.3 Å². The molecule has 0 aliphatic carbocycles. The molecule has 2 saturated heterocycles. The zero-order valence-corrected chi connectivity index (χ0v) is 13.4. The summed E-state index contributed by atoms with van der Waals surface area (Å²) in [5, 5.41) is 0.770. The SMILES string of the molecule is Cn1c(C(=O)N2CCCCC2C2OCCO2)cc(Cl)c1Cl. The van der Waals surface area contributed by atoms with Gasteiger partial charge >= 0.3 is 0 Å². The minimum Gasteiger partial charge on any atom is -0.348 e. The van der Waals surface area contributed by atoms with Crippen LogP contribution >= 0.6 is 23.2 Å². The summed E-state index contributed by atoms with van der Waals surface area (Å²) in [6.07, 6.45) is 2.63. The molecule has 7 heteroatoms. The molecule has 2 fully saturated rings. The predicted molar refractivity (Wildman–Crippen MR) is 79.8 cm³/mol. The molecular formula is C14H18Cl2N2O3. The molecule has 116 valence electrons. The van der Waals surface area contributed by atoms with E-state index in [4.69, 9.17) is 32.7 Å². The van der Waals surface area contributed by atoms with Crippen molar-refractivity contribution in [1.82, 2.24) is 9.47 Å². The van der Waals surface area contributed by atoms with E-state index in [1.54, 1.807) is 17.7 Å². The fourth-order valence-corrected chi connectivity index (χ4v) is 3.36. The van der Waals surface area contributed by atoms with Gasteiger partial charge in [-0.3, -0.25) is 4.79 Å². The minimum atomic E-state index is -0.319. The number of amides is 1. The largest absolute Gasteiger partial charge is 0.348 e. The van der Waals surface area contributed by atoms with Gasteiger partial charge in [-0.15, -0.1) is 0 Å². The van der Waals surface area contributed by atoms with E-state index in [0.717, 1.165) is 19.3 Å². The Hall–Kier alpha value is -0.750. The Bertz CT molecular complexity index is 541. The van der Waals surface area contributed by atoms with Crippen LogP contribution in [0.25, 0.3) is 0 Å². The lowest BCUT2D eigenvalue weighted by molar-refractivity contribution is -0.100. The molecule has 0 radical (unpaired) electrons. The highest BCUT2D eigenvalue weighted by atomic mass is 35.5. The third kappa shape index (κ3) is 2.80. The molecule has 21 heavy (non-hydrogen) atoms. The maximum Gasteiger partial charge on any atom is 0.270 e. The Morgan fingerprint density at radius 2 is 2.00 bits per heavy atom. The average molecular weight is 333 g/mol. The van der Waals surface area contributed by atoms with Gasteiger partial charge in [0.25, 0.3) is 5.91 Å². The number of carbonyl (C=O) groups is 1. The van der Waals surface area contributed by atoms with E-state index in [1.165, 1.54) is 0 Å². The first-order valence-corrected chi connectivity index (χ1v) is 7.90. The molecule has 3 heterocycles. The van der Waals surface area contributed by atoms with Crippen LogP contribution in [0.2, 0.25) is 10.2 Å². The standard InChI is InChI=1S/C14H18Cl2N2O3/c1-17-11(8-9(15)12(17)16)13(19)18-5-3-2-4-10(18)14-20-6-7-21-14/h8,10,14H,2-7H2,1H3. The molecule has 2 aliphatic heterocycles. The van der Waals surface area contributed by atoms with Crippen LogP contribution in [-0.4, -0.2) is 47.5 Å². The number of likely N-dealkylation sites (tertiary alicyclic amines) is 1. The van der Waals surface area contributed by atoms with Crippen molar-refractivity contribution < 1.29 is 14.3 Å². The van der Waals surface area contributed by atoms with E-state index >= 15 is 0 Å². The lowest BCUT2D eigenvalue weighted by Gasteiger charge is -2.38. The zero-order valence-electron chi connectivity index (χ0n) is 11.8. The van der Waals surface area contributed by atoms with Crippen molar-refractivity contribution in [3.8, 4) is 0 Å². The van der Waals surface area contributed by atoms with E-state index in [-0.39, 0.29) is 18.2 Å². The van der Waals surface area contributed by atoms with Crippen LogP contribution in [0.1, 0.15) is 29.8 Å². The van der Waals surface area contributed by atoms with E-state index in [9.17, 15) is 4.79 Å². The normalized spacial score (nSPS) is 23.8. The number of hydrogen-bond donors (Lipinski definition) is 0. The molecule has 1 atom stereocenters. The summed E-state index contributed by atoms with van der Waals surface area (Å²) in [5.74, 6) is -0.0740. The summed E-state index contributed by atoms with van der Waals surface area (Å²) in [7, 11) is 1.74. The van der Waals surface area contributed by atoms with Crippen LogP contribution in [0.5, 0.6) is 0 Å². The molecule has 0 aromatic carbocycles. The van der Waals surface area contributed by atoms with Crippen LogP contribution in [-0.2, 0) is 16.5 Å². The second-order valence-electron chi connectivity index (χ2n) is 5.40. The third-order valence-corrected chi connectivity index (χ3v) is 4.95. The lowest BCUT2D eigenvalue weighted by atomic mass is 10.0. The Balaban J connectivity index is 1.85. The highest BCUT2D eigenvalue weighted by molar-refractivity contribution is 6.41. The van der Waals surface area contributed by atoms with Crippen molar-refractivity contribution in [1.29, 1.82) is 0 Å². The summed E-state index contributed by atoms with van der Waals surface area (Å²) in [6.45, 7) is 1.88. The Morgan fingerprint density at radius 3 is 2.62 bits per heavy atom. The Morgan fingerprint density at radius 1 is 1.29 bits per heavy atom. The van der Waals surface area contributed by atoms with Gasteiger partial charge < -0.3 is 18.9 Å². The molecular weight excluding hydrogens is 315 g/mol. The molecule has 0 N–H and O–H groups in total. The first-order valence-electron chi connectivity index (χ1n) is 7.14. The number of carbonyl (C=O) groups excluding carboxylic acids is 1. The zero-order chi connectivity index (χ0) is 15.0. The van der Waals surface area contributed by atoms with Crippen LogP contribution in [0.15, 0.2) is 6.07 Å². The smallest absolute Gasteiger partial charge is 0.270 e. The first-order chi connectivity index (χ1) is 10.1. The van der Waals surface area contributed by atoms with Crippen molar-refractivity contribution in [2.45, 2.75) is 31.6 Å². The van der Waals surface area contributed by atoms with E-state index < -0.39 is 0 Å². The van der Waals surface area contributed by atoms with Gasteiger partial charge in [0.1, 0.15) is 10.8 Å². The van der Waals surface area contributed by atoms with E-state index in [0.29, 0.717) is 35.6 Å². The van der Waals surface area contributed by atoms with Crippen LogP contribution in [0.3, 0.4) is 0 Å². The van der Waals surface area contributed by atoms with Crippen LogP contribution in [0.4, 0.5) is 0 Å². The van der Waals surface area contributed by atoms with Crippen LogP contribution < -0.4 is 0 Å². The minimum absolute atomic E-state index is 0.0406. The molecule has 1 amide bonds. The summed E-state index contributed by atoms with van der Waals surface area (Å²) >= 11 is 12.1. The molecule has 0 bridgehead atoms. The highest BCUT2D eigenvalue weighted by Crippen LogP contribution is 2.29. The van der Waals surface area contributed by atoms with Gasteiger partial charge in [0.2, 0.25) is 0 Å². The molecule has 1 unspecified atom stereocenters. The number of halogens is 2. The number of aromatic nitrogens is 1. The van der Waals surface area contributed by atoms with Crippen molar-refractivity contribution in [3.63, 3.8) is 0 Å². The summed E-state index contributed by atoms with van der Waals surface area (Å²) in [4.78, 5) is 14.7. The highest BCUT2D eigenvalue weighted by Gasteiger charge is 2.37. The fraction of sp³-hybridized carbons (Fsp3) is 0.643. The molecule has 2 aliphatic rings. The molecule has 0 saturated carbocycles. The number of hydrogen-bond acceptors (Lipinski definition) is 3. The Kier molecular flexibility index (Phi) is 4.45. The third-order valence-electron chi connectivity index (χ3n) is 4.11. The molecule has 5 nitrogen and oxygen atoms in total. The monoisotopic (exact) mass is 332 g/mol. The summed E-state index contributed by atoms with van der Waals surface area (Å²) in [6, 6.07) is 1.58. The van der Waals surface area contributed by atoms with Gasteiger partial charge in [0.15, 0.2) is 6.29 Å². The van der Waals surface area contributed by atoms with E-state index in [2.05, 4.69) is 0 Å². The maximum atomic E-state index is 12.8. The molecule has 1 aromatic rings. The van der Waals surface area contributed by atoms with Gasteiger partial charge in [-0.05, 0) is 25.3 Å². The number of ether oxygens (including phenoxy) is 2. The second-order valence-corrected chi connectivity index (χ2v) is 6.16. The molecule has 0 spiro atoms. The van der Waals surface area contributed by atoms with Crippen molar-refractivity contribution in [2.24, 2.45) is 7.05 Å². The van der Waals surface area contributed by atoms with Crippen molar-refractivity contribution in [2.75, 3.05) is 19.8 Å². The lowest BCUT2D eigenvalue weighted by Crippen LogP contribution is -2.50. The van der Waals surface area contributed by atoms with Gasteiger partial charge in [-0.25, -0.2) is 0 Å². The van der Waals surface area contributed by atoms with Gasteiger partial charge in [0, 0.05) is 13.6 Å². The van der Waals surface area contributed by atoms with Crippen molar-refractivity contribution in [3.05, 3.63) is 21.9 Å². The number of rotatable bonds is 2. The van der Waals surface area contributed by atoms with Gasteiger partial charge in [-0.1, -0.05) is 23.2 Å². The predicted octanol–water partition coefficient (Wildman–Crippen LogP) is 2.70. The molecule has 1 aromatic heterocycles. The van der Waals surface area contributed by atoms with Crippen molar-refractivity contribution >= 4 is 29.1 Å². The topological polar surface area (TPSA) is 43.7 Å². The first kappa shape index (κ1) is 15.2. The van der Waals surface area contributed by atoms with E-state index in [1.807, 2.05) is 4.90 Å². The summed E-state index contributed by atoms with van der Waals surface area (Å²) < 4.78 is 12.8. The maximum absolute atomic E-state index is 12.8. The number of nitrogens with zero attached hydrogens (tertiary/aromatic N) is 2. The number of piperidine rings is 1. The quantitative estimate of drug-likeness (QED) is 0.836.